The average molecular weight is 755 g/mol. The topological polar surface area (TPSA) is 55.3 Å². The van der Waals surface area contributed by atoms with E-state index < -0.39 is 0 Å². The Kier molecular flexibility index (Phi) is 12.4. The van der Waals surface area contributed by atoms with Crippen LogP contribution < -0.4 is 43.1 Å². The fourth-order valence-corrected chi connectivity index (χ4v) is 7.39. The Balaban J connectivity index is 0.00000230. The molecule has 0 aliphatic rings. The number of benzene rings is 4. The maximum atomic E-state index is 9.09. The average Bonchev–Trinajstić information content (AvgIpc) is 3.60. The fourth-order valence-electron chi connectivity index (χ4n) is 5.20. The van der Waals surface area contributed by atoms with E-state index in [1.807, 2.05) is 71.2 Å². The molecule has 2 heterocycles. The van der Waals surface area contributed by atoms with Crippen molar-refractivity contribution < 1.29 is 43.1 Å². The number of aromatic nitrogens is 2. The molecule has 0 aliphatic heterocycles. The van der Waals surface area contributed by atoms with Crippen LogP contribution in [0.5, 0.6) is 0 Å². The zero-order valence-corrected chi connectivity index (χ0v) is 29.2. The Morgan fingerprint density at radius 3 is 1.31 bits per heavy atom. The summed E-state index contributed by atoms with van der Waals surface area (Å²) in [6.45, 7) is 1.94. The number of aryl methyl sites for hydroxylation is 2. The summed E-state index contributed by atoms with van der Waals surface area (Å²) in [7, 11) is 0. The Morgan fingerprint density at radius 1 is 0.511 bits per heavy atom. The van der Waals surface area contributed by atoms with E-state index in [0.717, 1.165) is 43.5 Å². The minimum atomic E-state index is 0. The lowest BCUT2D eigenvalue weighted by Crippen LogP contribution is -3.00. The third-order valence-electron chi connectivity index (χ3n) is 7.45. The van der Waals surface area contributed by atoms with Gasteiger partial charge in [0, 0.05) is 37.1 Å². The first-order chi connectivity index (χ1) is 21.2. The van der Waals surface area contributed by atoms with Gasteiger partial charge in [0.1, 0.15) is 9.40 Å². The number of unbranched alkanes of at least 4 members (excludes halogenated alkanes) is 2. The quantitative estimate of drug-likeness (QED) is 0.160. The first-order valence-corrected chi connectivity index (χ1v) is 16.0. The fraction of sp³-hybridized carbons (Fsp3) is 0.135. The zero-order valence-electron chi connectivity index (χ0n) is 24.4. The summed E-state index contributed by atoms with van der Waals surface area (Å²) in [6, 6.07) is 37.0. The summed E-state index contributed by atoms with van der Waals surface area (Å²) in [6.07, 6.45) is 12.0. The molecule has 8 heteroatoms. The summed E-state index contributed by atoms with van der Waals surface area (Å²) >= 11 is 3.64. The van der Waals surface area contributed by atoms with Gasteiger partial charge in [0.15, 0.2) is 13.1 Å². The van der Waals surface area contributed by atoms with Gasteiger partial charge in [-0.15, -0.1) is 0 Å². The predicted octanol–water partition coefficient (Wildman–Crippen LogP) is 2.65. The number of thiazole rings is 2. The monoisotopic (exact) mass is 752 g/mol. The molecule has 0 bridgehead atoms. The van der Waals surface area contributed by atoms with Crippen LogP contribution in [0.3, 0.4) is 0 Å². The Hall–Kier alpha value is -3.92. The molecule has 0 saturated carbocycles. The molecule has 0 radical (unpaired) electrons. The lowest BCUT2D eigenvalue weighted by Gasteiger charge is -2.00. The van der Waals surface area contributed by atoms with Gasteiger partial charge in [-0.2, -0.15) is 19.7 Å². The highest BCUT2D eigenvalue weighted by Crippen LogP contribution is 2.24. The SMILES string of the molecule is N#Cc1ccc(/C=C/c2sc3ccccc3[n+]2CCCCC[n+]2c(/C=C/c3ccc(C#N)cc3)sc3ccccc32)cc1.[Br-].[Br-]. The van der Waals surface area contributed by atoms with Gasteiger partial charge < -0.3 is 34.0 Å². The van der Waals surface area contributed by atoms with Gasteiger partial charge >= 0.3 is 0 Å². The highest BCUT2D eigenvalue weighted by molar-refractivity contribution is 7.19. The molecule has 4 nitrogen and oxygen atoms in total. The van der Waals surface area contributed by atoms with Crippen LogP contribution >= 0.6 is 22.7 Å². The van der Waals surface area contributed by atoms with Crippen LogP contribution in [0, 0.1) is 22.7 Å². The van der Waals surface area contributed by atoms with Crippen molar-refractivity contribution in [3.05, 3.63) is 129 Å². The Labute approximate surface area is 293 Å². The minimum Gasteiger partial charge on any atom is -1.00 e. The van der Waals surface area contributed by atoms with Crippen LogP contribution in [-0.4, -0.2) is 0 Å². The van der Waals surface area contributed by atoms with Crippen LogP contribution in [0.4, 0.5) is 0 Å². The normalized spacial score (nSPS) is 11.0. The molecule has 0 amide bonds. The maximum Gasteiger partial charge on any atom is 0.262 e. The summed E-state index contributed by atoms with van der Waals surface area (Å²) in [5, 5.41) is 20.6. The second kappa shape index (κ2) is 16.4. The lowest BCUT2D eigenvalue weighted by molar-refractivity contribution is -0.673. The van der Waals surface area contributed by atoms with Gasteiger partial charge in [-0.3, -0.25) is 0 Å². The van der Waals surface area contributed by atoms with E-state index in [1.165, 1.54) is 30.4 Å². The summed E-state index contributed by atoms with van der Waals surface area (Å²) in [5.74, 6) is 0. The Bertz CT molecular complexity index is 1880. The predicted molar refractivity (Wildman–Crippen MR) is 178 cm³/mol. The van der Waals surface area contributed by atoms with Crippen molar-refractivity contribution in [2.45, 2.75) is 32.4 Å². The zero-order chi connectivity index (χ0) is 29.4. The molecule has 0 aliphatic carbocycles. The summed E-state index contributed by atoms with van der Waals surface area (Å²) in [5.41, 5.74) is 6.09. The second-order valence-electron chi connectivity index (χ2n) is 10.3. The van der Waals surface area contributed by atoms with E-state index in [1.54, 1.807) is 0 Å². The highest BCUT2D eigenvalue weighted by Gasteiger charge is 2.20. The largest absolute Gasteiger partial charge is 1.00 e. The molecule has 0 atom stereocenters. The molecule has 224 valence electrons. The van der Waals surface area contributed by atoms with Crippen molar-refractivity contribution in [3.63, 3.8) is 0 Å². The van der Waals surface area contributed by atoms with Crippen molar-refractivity contribution in [3.8, 4) is 12.1 Å². The van der Waals surface area contributed by atoms with Crippen LogP contribution in [-0.2, 0) is 13.1 Å². The molecule has 6 aromatic rings. The lowest BCUT2D eigenvalue weighted by atomic mass is 10.1. The van der Waals surface area contributed by atoms with Crippen molar-refractivity contribution in [1.82, 2.24) is 0 Å². The number of hydrogen-bond acceptors (Lipinski definition) is 4. The number of rotatable bonds is 10. The van der Waals surface area contributed by atoms with Gasteiger partial charge in [0.25, 0.3) is 10.0 Å². The molecule has 0 unspecified atom stereocenters. The van der Waals surface area contributed by atoms with E-state index in [2.05, 4.69) is 94.1 Å². The van der Waals surface area contributed by atoms with Crippen LogP contribution in [0.1, 0.15) is 51.5 Å². The molecule has 45 heavy (non-hydrogen) atoms. The summed E-state index contributed by atoms with van der Waals surface area (Å²) < 4.78 is 7.47. The van der Waals surface area contributed by atoms with E-state index >= 15 is 0 Å². The second-order valence-corrected chi connectivity index (χ2v) is 12.4. The molecule has 6 rings (SSSR count). The van der Waals surface area contributed by atoms with Crippen molar-refractivity contribution in [2.24, 2.45) is 0 Å². The van der Waals surface area contributed by atoms with Gasteiger partial charge in [-0.05, 0) is 66.1 Å². The molecular formula is C37H30Br2N4S2. The molecular weight excluding hydrogens is 724 g/mol. The van der Waals surface area contributed by atoms with Crippen molar-refractivity contribution in [1.29, 1.82) is 10.5 Å². The molecule has 0 spiro atoms. The first-order valence-electron chi connectivity index (χ1n) is 14.4. The van der Waals surface area contributed by atoms with E-state index in [-0.39, 0.29) is 34.0 Å². The smallest absolute Gasteiger partial charge is 0.262 e. The number of nitriles is 2. The van der Waals surface area contributed by atoms with Crippen LogP contribution in [0.2, 0.25) is 0 Å². The Morgan fingerprint density at radius 2 is 0.911 bits per heavy atom. The van der Waals surface area contributed by atoms with Gasteiger partial charge in [0.2, 0.25) is 11.0 Å². The van der Waals surface area contributed by atoms with Crippen LogP contribution in [0.25, 0.3) is 44.7 Å². The number of nitrogens with zero attached hydrogens (tertiary/aromatic N) is 4. The van der Waals surface area contributed by atoms with Gasteiger partial charge in [-0.1, -0.05) is 71.2 Å². The third kappa shape index (κ3) is 8.22. The molecule has 0 N–H and O–H groups in total. The molecule has 2 aromatic heterocycles. The molecule has 4 aromatic carbocycles. The summed E-state index contributed by atoms with van der Waals surface area (Å²) in [4.78, 5) is 0. The molecule has 0 fully saturated rings. The van der Waals surface area contributed by atoms with Crippen molar-refractivity contribution in [2.75, 3.05) is 0 Å². The van der Waals surface area contributed by atoms with Crippen molar-refractivity contribution >= 4 is 67.4 Å². The minimum absolute atomic E-state index is 0. The molecule has 0 saturated heterocycles. The maximum absolute atomic E-state index is 9.09. The van der Waals surface area contributed by atoms with E-state index in [9.17, 15) is 0 Å². The number of halogens is 2. The van der Waals surface area contributed by atoms with Crippen LogP contribution in [0.15, 0.2) is 97.1 Å². The first kappa shape index (κ1) is 34.0. The third-order valence-corrected chi connectivity index (χ3v) is 9.71. The van der Waals surface area contributed by atoms with Gasteiger partial charge in [-0.25, -0.2) is 0 Å². The van der Waals surface area contributed by atoms with E-state index in [4.69, 9.17) is 10.5 Å². The van der Waals surface area contributed by atoms with Gasteiger partial charge in [0.05, 0.1) is 23.3 Å². The standard InChI is InChI=1S/C37H30N4S2.2BrH/c38-26-30-16-12-28(13-17-30)20-22-36-40(32-8-2-4-10-34(32)42-36)24-6-1-7-25-41-33-9-3-5-11-35(33)43-37(41)23-21-29-14-18-31(27-39)19-15-29;;/h2-5,8-23H,1,6-7,24-25H2;2*1H/q+2;;/p-2/b22-20+,23-21+;;. The number of fused-ring (bicyclic) bond motifs is 2. The number of hydrogen-bond donors (Lipinski definition) is 0. The highest BCUT2D eigenvalue weighted by atomic mass is 79.9. The number of para-hydroxylation sites is 2. The van der Waals surface area contributed by atoms with E-state index in [0.29, 0.717) is 11.1 Å².